The predicted molar refractivity (Wildman–Crippen MR) is 125 cm³/mol. The van der Waals surface area contributed by atoms with Crippen molar-refractivity contribution in [1.29, 1.82) is 0 Å². The maximum Gasteiger partial charge on any atom is 0.165 e. The first-order valence-electron chi connectivity index (χ1n) is 10.7. The molecule has 1 aliphatic rings. The standard InChI is InChI=1S/C24H24F2N6O/c1-31-8-10-32(11-9-31)21-7-6-15(13-20(21)26)28-16-12-18-22(29-30-24(18)27-14-16)17-4-3-5-19(25)23(17)33-2/h3-7,12-14,28H,8-11H2,1-2H3,(H,27,29,30). The number of piperazine rings is 1. The van der Waals surface area contributed by atoms with E-state index in [1.165, 1.54) is 19.2 Å². The van der Waals surface area contributed by atoms with Crippen LogP contribution in [0.1, 0.15) is 0 Å². The maximum absolute atomic E-state index is 14.9. The van der Waals surface area contributed by atoms with Crippen molar-refractivity contribution in [3.8, 4) is 17.0 Å². The summed E-state index contributed by atoms with van der Waals surface area (Å²) in [6, 6.07) is 11.7. The molecule has 2 aromatic carbocycles. The molecule has 0 aliphatic carbocycles. The fraction of sp³-hybridized carbons (Fsp3) is 0.250. The van der Waals surface area contributed by atoms with Crippen molar-refractivity contribution in [3.63, 3.8) is 0 Å². The molecule has 2 aromatic heterocycles. The highest BCUT2D eigenvalue weighted by Gasteiger charge is 2.19. The molecule has 5 rings (SSSR count). The summed E-state index contributed by atoms with van der Waals surface area (Å²) in [5, 5.41) is 11.1. The molecule has 0 radical (unpaired) electrons. The second kappa shape index (κ2) is 8.67. The van der Waals surface area contributed by atoms with Crippen molar-refractivity contribution in [2.24, 2.45) is 0 Å². The van der Waals surface area contributed by atoms with Crippen LogP contribution in [-0.4, -0.2) is 60.4 Å². The highest BCUT2D eigenvalue weighted by molar-refractivity contribution is 5.94. The lowest BCUT2D eigenvalue weighted by Gasteiger charge is -2.34. The molecule has 0 atom stereocenters. The zero-order valence-corrected chi connectivity index (χ0v) is 18.4. The minimum absolute atomic E-state index is 0.117. The number of aromatic amines is 1. The number of para-hydroxylation sites is 1. The zero-order chi connectivity index (χ0) is 22.9. The van der Waals surface area contributed by atoms with Gasteiger partial charge in [0.15, 0.2) is 17.2 Å². The van der Waals surface area contributed by atoms with Crippen LogP contribution in [-0.2, 0) is 0 Å². The summed E-state index contributed by atoms with van der Waals surface area (Å²) < 4.78 is 34.3. The Morgan fingerprint density at radius 2 is 1.82 bits per heavy atom. The number of aromatic nitrogens is 3. The minimum Gasteiger partial charge on any atom is -0.493 e. The Labute approximate surface area is 190 Å². The number of fused-ring (bicyclic) bond motifs is 1. The summed E-state index contributed by atoms with van der Waals surface area (Å²) in [7, 11) is 3.49. The van der Waals surface area contributed by atoms with Crippen molar-refractivity contribution in [2.75, 3.05) is 50.6 Å². The van der Waals surface area contributed by atoms with Crippen LogP contribution in [0.3, 0.4) is 0 Å². The van der Waals surface area contributed by atoms with Gasteiger partial charge in [-0.05, 0) is 43.4 Å². The Morgan fingerprint density at radius 3 is 2.58 bits per heavy atom. The second-order valence-corrected chi connectivity index (χ2v) is 8.09. The van der Waals surface area contributed by atoms with Crippen LogP contribution in [0.15, 0.2) is 48.7 Å². The highest BCUT2D eigenvalue weighted by Crippen LogP contribution is 2.36. The van der Waals surface area contributed by atoms with Crippen molar-refractivity contribution in [2.45, 2.75) is 0 Å². The molecule has 1 saturated heterocycles. The maximum atomic E-state index is 14.9. The molecule has 3 heterocycles. The van der Waals surface area contributed by atoms with E-state index >= 15 is 0 Å². The van der Waals surface area contributed by atoms with Crippen molar-refractivity contribution < 1.29 is 13.5 Å². The van der Waals surface area contributed by atoms with E-state index in [1.54, 1.807) is 24.4 Å². The average molecular weight is 450 g/mol. The van der Waals surface area contributed by atoms with Gasteiger partial charge in [-0.3, -0.25) is 5.10 Å². The van der Waals surface area contributed by atoms with Gasteiger partial charge in [0, 0.05) is 42.8 Å². The van der Waals surface area contributed by atoms with E-state index in [4.69, 9.17) is 4.74 Å². The monoisotopic (exact) mass is 450 g/mol. The Bertz CT molecular complexity index is 1300. The molecule has 9 heteroatoms. The van der Waals surface area contributed by atoms with E-state index in [0.717, 1.165) is 26.2 Å². The molecule has 0 saturated carbocycles. The van der Waals surface area contributed by atoms with Crippen LogP contribution >= 0.6 is 0 Å². The first-order valence-corrected chi connectivity index (χ1v) is 10.7. The van der Waals surface area contributed by atoms with E-state index in [2.05, 4.69) is 37.3 Å². The normalized spacial score (nSPS) is 14.6. The van der Waals surface area contributed by atoms with Crippen LogP contribution in [0.5, 0.6) is 5.75 Å². The first-order chi connectivity index (χ1) is 16.0. The quantitative estimate of drug-likeness (QED) is 0.470. The Kier molecular flexibility index (Phi) is 5.55. The first kappa shape index (κ1) is 21.1. The number of benzene rings is 2. The van der Waals surface area contributed by atoms with E-state index in [-0.39, 0.29) is 11.6 Å². The van der Waals surface area contributed by atoms with E-state index < -0.39 is 5.82 Å². The van der Waals surface area contributed by atoms with Gasteiger partial charge in [0.2, 0.25) is 0 Å². The molecular weight excluding hydrogens is 426 g/mol. The molecule has 0 spiro atoms. The second-order valence-electron chi connectivity index (χ2n) is 8.09. The number of pyridine rings is 1. The summed E-state index contributed by atoms with van der Waals surface area (Å²) in [5.41, 5.74) is 3.47. The number of hydrogen-bond donors (Lipinski definition) is 2. The van der Waals surface area contributed by atoms with Gasteiger partial charge in [0.05, 0.1) is 24.7 Å². The lowest BCUT2D eigenvalue weighted by atomic mass is 10.1. The molecule has 2 N–H and O–H groups in total. The van der Waals surface area contributed by atoms with Gasteiger partial charge in [-0.25, -0.2) is 13.8 Å². The summed E-state index contributed by atoms with van der Waals surface area (Å²) in [4.78, 5) is 8.70. The van der Waals surface area contributed by atoms with Crippen LogP contribution < -0.4 is 15.0 Å². The van der Waals surface area contributed by atoms with Gasteiger partial charge < -0.3 is 19.9 Å². The number of nitrogens with one attached hydrogen (secondary N) is 2. The largest absolute Gasteiger partial charge is 0.493 e. The molecule has 0 unspecified atom stereocenters. The summed E-state index contributed by atoms with van der Waals surface area (Å²) in [6.07, 6.45) is 1.64. The minimum atomic E-state index is -0.468. The van der Waals surface area contributed by atoms with Crippen LogP contribution in [0.2, 0.25) is 0 Å². The summed E-state index contributed by atoms with van der Waals surface area (Å²) in [5.74, 6) is -0.623. The third-order valence-electron chi connectivity index (χ3n) is 5.92. The SMILES string of the molecule is COc1c(F)cccc1-c1n[nH]c2ncc(Nc3ccc(N4CCN(C)CC4)c(F)c3)cc12. The van der Waals surface area contributed by atoms with Gasteiger partial charge in [-0.1, -0.05) is 6.07 Å². The van der Waals surface area contributed by atoms with Crippen molar-refractivity contribution in [1.82, 2.24) is 20.1 Å². The van der Waals surface area contributed by atoms with Gasteiger partial charge in [-0.2, -0.15) is 5.10 Å². The molecule has 33 heavy (non-hydrogen) atoms. The third kappa shape index (κ3) is 4.07. The van der Waals surface area contributed by atoms with Crippen LogP contribution in [0, 0.1) is 11.6 Å². The Hall–Kier alpha value is -3.72. The summed E-state index contributed by atoms with van der Waals surface area (Å²) >= 11 is 0. The number of rotatable bonds is 5. The molecular formula is C24H24F2N6O. The number of likely N-dealkylation sites (N-methyl/N-ethyl adjacent to an activating group) is 1. The lowest BCUT2D eigenvalue weighted by molar-refractivity contribution is 0.311. The molecule has 1 aliphatic heterocycles. The number of hydrogen-bond acceptors (Lipinski definition) is 6. The fourth-order valence-electron chi connectivity index (χ4n) is 4.14. The highest BCUT2D eigenvalue weighted by atomic mass is 19.1. The molecule has 1 fully saturated rings. The zero-order valence-electron chi connectivity index (χ0n) is 18.4. The Morgan fingerprint density at radius 1 is 1.00 bits per heavy atom. The molecule has 0 bridgehead atoms. The van der Waals surface area contributed by atoms with E-state index in [9.17, 15) is 8.78 Å². The number of ether oxygens (including phenoxy) is 1. The van der Waals surface area contributed by atoms with Crippen LogP contribution in [0.25, 0.3) is 22.3 Å². The van der Waals surface area contributed by atoms with Crippen molar-refractivity contribution in [3.05, 3.63) is 60.3 Å². The number of nitrogens with zero attached hydrogens (tertiary/aromatic N) is 4. The van der Waals surface area contributed by atoms with Gasteiger partial charge in [0.1, 0.15) is 11.5 Å². The summed E-state index contributed by atoms with van der Waals surface area (Å²) in [6.45, 7) is 3.42. The topological polar surface area (TPSA) is 69.3 Å². The number of methoxy groups -OCH3 is 1. The number of halogens is 2. The number of anilines is 3. The van der Waals surface area contributed by atoms with E-state index in [1.807, 2.05) is 12.1 Å². The Balaban J connectivity index is 1.43. The lowest BCUT2D eigenvalue weighted by Crippen LogP contribution is -2.44. The molecule has 4 aromatic rings. The van der Waals surface area contributed by atoms with E-state index in [0.29, 0.717) is 39.4 Å². The number of H-pyrrole nitrogens is 1. The molecule has 0 amide bonds. The average Bonchev–Trinajstić information content (AvgIpc) is 3.23. The fourth-order valence-corrected chi connectivity index (χ4v) is 4.14. The molecule has 7 nitrogen and oxygen atoms in total. The predicted octanol–water partition coefficient (Wildman–Crippen LogP) is 4.41. The molecule has 170 valence electrons. The smallest absolute Gasteiger partial charge is 0.165 e. The van der Waals surface area contributed by atoms with Gasteiger partial charge >= 0.3 is 0 Å². The van der Waals surface area contributed by atoms with Gasteiger partial charge in [0.25, 0.3) is 0 Å². The van der Waals surface area contributed by atoms with Crippen LogP contribution in [0.4, 0.5) is 25.8 Å². The van der Waals surface area contributed by atoms with Crippen molar-refractivity contribution >= 4 is 28.1 Å². The van der Waals surface area contributed by atoms with Gasteiger partial charge in [-0.15, -0.1) is 0 Å². The third-order valence-corrected chi connectivity index (χ3v) is 5.92.